The highest BCUT2D eigenvalue weighted by Crippen LogP contribution is 2.21. The molecule has 1 aliphatic heterocycles. The van der Waals surface area contributed by atoms with E-state index < -0.39 is 5.60 Å². The summed E-state index contributed by atoms with van der Waals surface area (Å²) in [6, 6.07) is 0. The van der Waals surface area contributed by atoms with Crippen molar-refractivity contribution < 1.29 is 14.3 Å². The van der Waals surface area contributed by atoms with E-state index in [4.69, 9.17) is 10.5 Å². The SMILES string of the molecule is CC(C)(C)OC(=O)N1CC(CC(=O)CN)C1. The second-order valence-corrected chi connectivity index (χ2v) is 5.20. The van der Waals surface area contributed by atoms with Crippen molar-refractivity contribution in [3.63, 3.8) is 0 Å². The fourth-order valence-corrected chi connectivity index (χ4v) is 1.58. The van der Waals surface area contributed by atoms with Gasteiger partial charge in [0.25, 0.3) is 0 Å². The van der Waals surface area contributed by atoms with Crippen LogP contribution in [-0.2, 0) is 9.53 Å². The molecule has 1 saturated heterocycles. The van der Waals surface area contributed by atoms with Gasteiger partial charge in [-0.15, -0.1) is 0 Å². The van der Waals surface area contributed by atoms with Crippen LogP contribution in [0.2, 0.25) is 0 Å². The summed E-state index contributed by atoms with van der Waals surface area (Å²) in [5.74, 6) is 0.303. The molecule has 1 aliphatic rings. The van der Waals surface area contributed by atoms with Crippen LogP contribution in [0.4, 0.5) is 4.79 Å². The summed E-state index contributed by atoms with van der Waals surface area (Å²) in [5.41, 5.74) is 4.76. The third-order valence-electron chi connectivity index (χ3n) is 2.35. The summed E-state index contributed by atoms with van der Waals surface area (Å²) in [4.78, 5) is 24.2. The summed E-state index contributed by atoms with van der Waals surface area (Å²) < 4.78 is 5.20. The predicted molar refractivity (Wildman–Crippen MR) is 60.0 cm³/mol. The van der Waals surface area contributed by atoms with Crippen LogP contribution in [0.3, 0.4) is 0 Å². The molecular formula is C11H20N2O3. The zero-order chi connectivity index (χ0) is 12.3. The summed E-state index contributed by atoms with van der Waals surface area (Å²) in [5, 5.41) is 0. The second-order valence-electron chi connectivity index (χ2n) is 5.20. The van der Waals surface area contributed by atoms with Crippen LogP contribution in [0.1, 0.15) is 27.2 Å². The van der Waals surface area contributed by atoms with E-state index in [0.717, 1.165) is 0 Å². The molecule has 2 N–H and O–H groups in total. The largest absolute Gasteiger partial charge is 0.444 e. The molecule has 0 atom stereocenters. The molecule has 16 heavy (non-hydrogen) atoms. The minimum absolute atomic E-state index is 0.0499. The Morgan fingerprint density at radius 2 is 1.94 bits per heavy atom. The van der Waals surface area contributed by atoms with Crippen LogP contribution in [0, 0.1) is 5.92 Å². The van der Waals surface area contributed by atoms with Crippen molar-refractivity contribution in [3.05, 3.63) is 0 Å². The van der Waals surface area contributed by atoms with Gasteiger partial charge < -0.3 is 15.4 Å². The normalized spacial score (nSPS) is 16.9. The Morgan fingerprint density at radius 3 is 2.38 bits per heavy atom. The third kappa shape index (κ3) is 3.81. The molecule has 92 valence electrons. The Bertz CT molecular complexity index is 277. The lowest BCUT2D eigenvalue weighted by molar-refractivity contribution is -0.120. The standard InChI is InChI=1S/C11H20N2O3/c1-11(2,3)16-10(15)13-6-8(7-13)4-9(14)5-12/h8H,4-7,12H2,1-3H3. The Morgan fingerprint density at radius 1 is 1.38 bits per heavy atom. The minimum atomic E-state index is -0.463. The van der Waals surface area contributed by atoms with Gasteiger partial charge in [-0.05, 0) is 20.8 Å². The van der Waals surface area contributed by atoms with E-state index in [9.17, 15) is 9.59 Å². The minimum Gasteiger partial charge on any atom is -0.444 e. The molecule has 0 aromatic rings. The van der Waals surface area contributed by atoms with Crippen LogP contribution in [0.5, 0.6) is 0 Å². The highest BCUT2D eigenvalue weighted by Gasteiger charge is 2.34. The average Bonchev–Trinajstić information content (AvgIpc) is 2.06. The van der Waals surface area contributed by atoms with E-state index >= 15 is 0 Å². The number of Topliss-reactive ketones (excluding diaryl/α,β-unsaturated/α-hetero) is 1. The van der Waals surface area contributed by atoms with Crippen LogP contribution in [0.15, 0.2) is 0 Å². The number of carbonyl (C=O) groups excluding carboxylic acids is 2. The van der Waals surface area contributed by atoms with Crippen molar-refractivity contribution >= 4 is 11.9 Å². The van der Waals surface area contributed by atoms with E-state index in [2.05, 4.69) is 0 Å². The number of amides is 1. The Labute approximate surface area is 95.9 Å². The van der Waals surface area contributed by atoms with Crippen LogP contribution in [0.25, 0.3) is 0 Å². The van der Waals surface area contributed by atoms with Gasteiger partial charge in [-0.3, -0.25) is 4.79 Å². The molecule has 0 radical (unpaired) electrons. The number of carbonyl (C=O) groups is 2. The van der Waals surface area contributed by atoms with Gasteiger partial charge in [0.1, 0.15) is 11.4 Å². The van der Waals surface area contributed by atoms with E-state index in [1.165, 1.54) is 0 Å². The molecular weight excluding hydrogens is 208 g/mol. The molecule has 1 fully saturated rings. The van der Waals surface area contributed by atoms with Gasteiger partial charge >= 0.3 is 6.09 Å². The average molecular weight is 228 g/mol. The van der Waals surface area contributed by atoms with Gasteiger partial charge in [0, 0.05) is 25.4 Å². The second kappa shape index (κ2) is 4.82. The topological polar surface area (TPSA) is 72.6 Å². The van der Waals surface area contributed by atoms with E-state index in [-0.39, 0.29) is 24.3 Å². The molecule has 0 unspecified atom stereocenters. The number of rotatable bonds is 3. The smallest absolute Gasteiger partial charge is 0.410 e. The maximum absolute atomic E-state index is 11.5. The van der Waals surface area contributed by atoms with Crippen molar-refractivity contribution in [2.45, 2.75) is 32.8 Å². The number of hydrogen-bond acceptors (Lipinski definition) is 4. The van der Waals surface area contributed by atoms with Crippen LogP contribution >= 0.6 is 0 Å². The molecule has 1 rings (SSSR count). The first-order valence-corrected chi connectivity index (χ1v) is 5.51. The molecule has 0 bridgehead atoms. The number of likely N-dealkylation sites (tertiary alicyclic amines) is 1. The lowest BCUT2D eigenvalue weighted by Crippen LogP contribution is -2.52. The van der Waals surface area contributed by atoms with Gasteiger partial charge in [0.05, 0.1) is 6.54 Å². The Kier molecular flexibility index (Phi) is 3.91. The number of nitrogens with two attached hydrogens (primary N) is 1. The molecule has 5 nitrogen and oxygen atoms in total. The van der Waals surface area contributed by atoms with Gasteiger partial charge in [-0.25, -0.2) is 4.79 Å². The predicted octanol–water partition coefficient (Wildman–Crippen LogP) is 0.771. The number of ether oxygens (including phenoxy) is 1. The van der Waals surface area contributed by atoms with Crippen LogP contribution in [-0.4, -0.2) is 42.0 Å². The highest BCUT2D eigenvalue weighted by atomic mass is 16.6. The van der Waals surface area contributed by atoms with Crippen molar-refractivity contribution in [3.8, 4) is 0 Å². The molecule has 0 aromatic carbocycles. The van der Waals surface area contributed by atoms with Crippen molar-refractivity contribution in [2.24, 2.45) is 11.7 Å². The lowest BCUT2D eigenvalue weighted by atomic mass is 9.94. The molecule has 5 heteroatoms. The number of nitrogens with zero attached hydrogens (tertiary/aromatic N) is 1. The molecule has 0 spiro atoms. The summed E-state index contributed by atoms with van der Waals surface area (Å²) in [7, 11) is 0. The van der Waals surface area contributed by atoms with Gasteiger partial charge in [-0.2, -0.15) is 0 Å². The summed E-state index contributed by atoms with van der Waals surface area (Å²) >= 11 is 0. The highest BCUT2D eigenvalue weighted by molar-refractivity contribution is 5.81. The number of hydrogen-bond donors (Lipinski definition) is 1. The fraction of sp³-hybridized carbons (Fsp3) is 0.818. The van der Waals surface area contributed by atoms with Crippen molar-refractivity contribution in [1.29, 1.82) is 0 Å². The zero-order valence-electron chi connectivity index (χ0n) is 10.2. The van der Waals surface area contributed by atoms with Gasteiger partial charge in [-0.1, -0.05) is 0 Å². The molecule has 1 heterocycles. The molecule has 1 amide bonds. The van der Waals surface area contributed by atoms with Gasteiger partial charge in [0.2, 0.25) is 0 Å². The summed E-state index contributed by atoms with van der Waals surface area (Å²) in [6.45, 7) is 6.78. The van der Waals surface area contributed by atoms with E-state index in [0.29, 0.717) is 19.5 Å². The number of ketones is 1. The lowest BCUT2D eigenvalue weighted by Gasteiger charge is -2.39. The summed E-state index contributed by atoms with van der Waals surface area (Å²) in [6.07, 6.45) is 0.166. The van der Waals surface area contributed by atoms with Crippen molar-refractivity contribution in [2.75, 3.05) is 19.6 Å². The van der Waals surface area contributed by atoms with Crippen LogP contribution < -0.4 is 5.73 Å². The molecule has 0 saturated carbocycles. The maximum atomic E-state index is 11.5. The first-order chi connectivity index (χ1) is 7.31. The first kappa shape index (κ1) is 13.0. The molecule has 0 aliphatic carbocycles. The Balaban J connectivity index is 2.25. The third-order valence-corrected chi connectivity index (χ3v) is 2.35. The van der Waals surface area contributed by atoms with Crippen molar-refractivity contribution in [1.82, 2.24) is 4.90 Å². The maximum Gasteiger partial charge on any atom is 0.410 e. The fourth-order valence-electron chi connectivity index (χ4n) is 1.58. The van der Waals surface area contributed by atoms with E-state index in [1.54, 1.807) is 4.90 Å². The van der Waals surface area contributed by atoms with Gasteiger partial charge in [0.15, 0.2) is 0 Å². The Hall–Kier alpha value is -1.10. The molecule has 0 aromatic heterocycles. The quantitative estimate of drug-likeness (QED) is 0.774. The monoisotopic (exact) mass is 228 g/mol. The van der Waals surface area contributed by atoms with E-state index in [1.807, 2.05) is 20.8 Å². The zero-order valence-corrected chi connectivity index (χ0v) is 10.2. The first-order valence-electron chi connectivity index (χ1n) is 5.51.